The number of hydrogen-bond acceptors (Lipinski definition) is 3. The van der Waals surface area contributed by atoms with Gasteiger partial charge in [-0.3, -0.25) is 9.59 Å². The van der Waals surface area contributed by atoms with Gasteiger partial charge in [-0.2, -0.15) is 0 Å². The van der Waals surface area contributed by atoms with E-state index in [1.54, 1.807) is 60.4 Å². The first kappa shape index (κ1) is 22.6. The number of aryl methyl sites for hydroxylation is 1. The molecule has 0 spiro atoms. The van der Waals surface area contributed by atoms with Gasteiger partial charge in [0.2, 0.25) is 5.91 Å². The van der Waals surface area contributed by atoms with Crippen LogP contribution in [0.5, 0.6) is 0 Å². The van der Waals surface area contributed by atoms with E-state index < -0.39 is 29.5 Å². The number of benzene rings is 3. The number of carbonyl (C=O) groups excluding carboxylic acids is 2. The number of nitrogens with one attached hydrogen (secondary N) is 1. The summed E-state index contributed by atoms with van der Waals surface area (Å²) in [5, 5.41) is 2.80. The number of amides is 2. The molecule has 1 N–H and O–H groups in total. The third kappa shape index (κ3) is 4.50. The molecule has 2 atom stereocenters. The maximum Gasteiger partial charge on any atom is 0.254 e. The van der Waals surface area contributed by atoms with Gasteiger partial charge in [-0.15, -0.1) is 0 Å². The molecular formula is C26H24F2N2O3. The lowest BCUT2D eigenvalue weighted by molar-refractivity contribution is -0.119. The van der Waals surface area contributed by atoms with Gasteiger partial charge in [0.15, 0.2) is 0 Å². The third-order valence-corrected chi connectivity index (χ3v) is 5.91. The number of rotatable bonds is 6. The Kier molecular flexibility index (Phi) is 6.51. The minimum atomic E-state index is -0.800. The fraction of sp³-hybridized carbons (Fsp3) is 0.231. The van der Waals surface area contributed by atoms with Gasteiger partial charge in [0.1, 0.15) is 11.6 Å². The lowest BCUT2D eigenvalue weighted by Gasteiger charge is -2.41. The maximum atomic E-state index is 14.1. The van der Waals surface area contributed by atoms with E-state index in [0.717, 1.165) is 0 Å². The highest BCUT2D eigenvalue weighted by Crippen LogP contribution is 2.43. The minimum Gasteiger partial charge on any atom is -0.383 e. The number of carbonyl (C=O) groups is 2. The molecule has 170 valence electrons. The molecule has 1 heterocycles. The Morgan fingerprint density at radius 1 is 1.06 bits per heavy atom. The predicted octanol–water partition coefficient (Wildman–Crippen LogP) is 4.84. The molecule has 0 radical (unpaired) electrons. The summed E-state index contributed by atoms with van der Waals surface area (Å²) in [7, 11) is 1.53. The van der Waals surface area contributed by atoms with Gasteiger partial charge in [0.25, 0.3) is 5.91 Å². The zero-order chi connectivity index (χ0) is 23.5. The van der Waals surface area contributed by atoms with Gasteiger partial charge < -0.3 is 15.0 Å². The zero-order valence-corrected chi connectivity index (χ0v) is 18.3. The Balaban J connectivity index is 1.82. The molecule has 0 saturated carbocycles. The summed E-state index contributed by atoms with van der Waals surface area (Å²) >= 11 is 0. The molecule has 4 rings (SSSR count). The Morgan fingerprint density at radius 3 is 2.48 bits per heavy atom. The first-order valence-electron chi connectivity index (χ1n) is 10.6. The van der Waals surface area contributed by atoms with E-state index in [9.17, 15) is 18.4 Å². The van der Waals surface area contributed by atoms with Crippen molar-refractivity contribution in [3.63, 3.8) is 0 Å². The molecule has 0 aromatic heterocycles. The van der Waals surface area contributed by atoms with E-state index in [2.05, 4.69) is 5.32 Å². The zero-order valence-electron chi connectivity index (χ0n) is 18.3. The maximum absolute atomic E-state index is 14.1. The summed E-state index contributed by atoms with van der Waals surface area (Å²) in [5.41, 5.74) is 2.39. The van der Waals surface area contributed by atoms with E-state index in [1.807, 2.05) is 0 Å². The second kappa shape index (κ2) is 9.50. The number of nitrogens with zero attached hydrogens (tertiary/aromatic N) is 1. The quantitative estimate of drug-likeness (QED) is 0.585. The van der Waals surface area contributed by atoms with Crippen molar-refractivity contribution in [2.24, 2.45) is 0 Å². The fourth-order valence-corrected chi connectivity index (χ4v) is 4.23. The van der Waals surface area contributed by atoms with Crippen LogP contribution in [0.4, 0.5) is 14.5 Å². The summed E-state index contributed by atoms with van der Waals surface area (Å²) in [6.45, 7) is 2.15. The molecule has 2 unspecified atom stereocenters. The smallest absolute Gasteiger partial charge is 0.254 e. The first-order valence-corrected chi connectivity index (χ1v) is 10.6. The van der Waals surface area contributed by atoms with Crippen molar-refractivity contribution >= 4 is 17.5 Å². The molecule has 0 fully saturated rings. The van der Waals surface area contributed by atoms with Crippen molar-refractivity contribution in [2.75, 3.05) is 25.6 Å². The van der Waals surface area contributed by atoms with Crippen molar-refractivity contribution in [3.05, 3.63) is 101 Å². The van der Waals surface area contributed by atoms with Crippen LogP contribution in [-0.4, -0.2) is 37.0 Å². The Hall–Kier alpha value is -3.58. The SMILES string of the molecule is COCCN1C(=O)c2ccccc2C(C(=O)Nc2ccc(C)c(F)c2)C1c1ccc(F)cc1. The van der Waals surface area contributed by atoms with Gasteiger partial charge in [-0.1, -0.05) is 36.4 Å². The third-order valence-electron chi connectivity index (χ3n) is 5.91. The van der Waals surface area contributed by atoms with Crippen LogP contribution < -0.4 is 5.32 Å². The molecule has 5 nitrogen and oxygen atoms in total. The minimum absolute atomic E-state index is 0.234. The number of hydrogen-bond donors (Lipinski definition) is 1. The number of anilines is 1. The monoisotopic (exact) mass is 450 g/mol. The van der Waals surface area contributed by atoms with Gasteiger partial charge in [0, 0.05) is 24.9 Å². The average molecular weight is 450 g/mol. The van der Waals surface area contributed by atoms with E-state index in [4.69, 9.17) is 4.74 Å². The predicted molar refractivity (Wildman–Crippen MR) is 121 cm³/mol. The van der Waals surface area contributed by atoms with Gasteiger partial charge in [0.05, 0.1) is 18.6 Å². The fourth-order valence-electron chi connectivity index (χ4n) is 4.23. The average Bonchev–Trinajstić information content (AvgIpc) is 2.81. The molecule has 3 aromatic carbocycles. The molecule has 1 aliphatic rings. The normalized spacial score (nSPS) is 17.6. The summed E-state index contributed by atoms with van der Waals surface area (Å²) in [6, 6.07) is 16.5. The van der Waals surface area contributed by atoms with Crippen LogP contribution in [0.25, 0.3) is 0 Å². The molecular weight excluding hydrogens is 426 g/mol. The number of halogens is 2. The second-order valence-corrected chi connectivity index (χ2v) is 8.01. The van der Waals surface area contributed by atoms with Crippen molar-refractivity contribution in [2.45, 2.75) is 18.9 Å². The van der Waals surface area contributed by atoms with Gasteiger partial charge in [-0.05, 0) is 53.9 Å². The summed E-state index contributed by atoms with van der Waals surface area (Å²) in [6.07, 6.45) is 0. The van der Waals surface area contributed by atoms with E-state index in [0.29, 0.717) is 27.9 Å². The largest absolute Gasteiger partial charge is 0.383 e. The van der Waals surface area contributed by atoms with Crippen LogP contribution in [0.2, 0.25) is 0 Å². The van der Waals surface area contributed by atoms with Crippen LogP contribution in [0.3, 0.4) is 0 Å². The highest BCUT2D eigenvalue weighted by molar-refractivity contribution is 6.04. The lowest BCUT2D eigenvalue weighted by Crippen LogP contribution is -2.47. The van der Waals surface area contributed by atoms with E-state index in [1.165, 1.54) is 25.3 Å². The molecule has 2 amide bonds. The van der Waals surface area contributed by atoms with Crippen LogP contribution in [-0.2, 0) is 9.53 Å². The molecule has 1 aliphatic heterocycles. The van der Waals surface area contributed by atoms with Gasteiger partial charge >= 0.3 is 0 Å². The van der Waals surface area contributed by atoms with E-state index >= 15 is 0 Å². The molecule has 0 bridgehead atoms. The number of fused-ring (bicyclic) bond motifs is 1. The lowest BCUT2D eigenvalue weighted by atomic mass is 9.79. The Labute approximate surface area is 191 Å². The molecule has 33 heavy (non-hydrogen) atoms. The van der Waals surface area contributed by atoms with Crippen molar-refractivity contribution in [1.82, 2.24) is 4.90 Å². The Morgan fingerprint density at radius 2 is 1.79 bits per heavy atom. The molecule has 0 saturated heterocycles. The van der Waals surface area contributed by atoms with Crippen molar-refractivity contribution < 1.29 is 23.1 Å². The van der Waals surface area contributed by atoms with Crippen LogP contribution in [0, 0.1) is 18.6 Å². The van der Waals surface area contributed by atoms with Crippen molar-refractivity contribution in [3.8, 4) is 0 Å². The van der Waals surface area contributed by atoms with Crippen LogP contribution in [0.1, 0.15) is 39.0 Å². The van der Waals surface area contributed by atoms with Crippen LogP contribution >= 0.6 is 0 Å². The Bertz CT molecular complexity index is 1180. The number of methoxy groups -OCH3 is 1. The summed E-state index contributed by atoms with van der Waals surface area (Å²) in [4.78, 5) is 28.6. The standard InChI is InChI=1S/C26H24F2N2O3/c1-16-7-12-19(15-22(16)28)29-25(31)23-20-5-3-4-6-21(20)26(32)30(13-14-33-2)24(23)17-8-10-18(27)11-9-17/h3-12,15,23-24H,13-14H2,1-2H3,(H,29,31). The molecule has 7 heteroatoms. The van der Waals surface area contributed by atoms with Crippen LogP contribution in [0.15, 0.2) is 66.7 Å². The van der Waals surface area contributed by atoms with E-state index in [-0.39, 0.29) is 19.1 Å². The molecule has 0 aliphatic carbocycles. The first-order chi connectivity index (χ1) is 15.9. The van der Waals surface area contributed by atoms with Crippen molar-refractivity contribution in [1.29, 1.82) is 0 Å². The summed E-state index contributed by atoms with van der Waals surface area (Å²) in [5.74, 6) is -2.27. The molecule has 3 aromatic rings. The topological polar surface area (TPSA) is 58.6 Å². The second-order valence-electron chi connectivity index (χ2n) is 8.01. The number of ether oxygens (including phenoxy) is 1. The summed E-state index contributed by atoms with van der Waals surface area (Å²) < 4.78 is 33.0. The highest BCUT2D eigenvalue weighted by Gasteiger charge is 2.44. The van der Waals surface area contributed by atoms with Gasteiger partial charge in [-0.25, -0.2) is 8.78 Å². The highest BCUT2D eigenvalue weighted by atomic mass is 19.1.